The number of aliphatic imine (C=N–C) groups is 1. The van der Waals surface area contributed by atoms with Gasteiger partial charge in [-0.15, -0.1) is 0 Å². The Morgan fingerprint density at radius 3 is 2.70 bits per heavy atom. The van der Waals surface area contributed by atoms with Gasteiger partial charge in [-0.05, 0) is 51.9 Å². The lowest BCUT2D eigenvalue weighted by atomic mass is 9.97. The second kappa shape index (κ2) is 9.40. The Hall–Kier alpha value is -1.75. The van der Waals surface area contributed by atoms with E-state index in [-0.39, 0.29) is 0 Å². The van der Waals surface area contributed by atoms with Crippen molar-refractivity contribution in [3.05, 3.63) is 29.8 Å². The highest BCUT2D eigenvalue weighted by atomic mass is 16.5. The number of ether oxygens (including phenoxy) is 1. The SMILES string of the molecule is CCOc1ccccc1CNC(=NC)NCC1CCN(C)CC1. The second-order valence-corrected chi connectivity index (χ2v) is 6.09. The van der Waals surface area contributed by atoms with Gasteiger partial charge in [-0.1, -0.05) is 18.2 Å². The summed E-state index contributed by atoms with van der Waals surface area (Å²) in [7, 11) is 4.01. The van der Waals surface area contributed by atoms with Gasteiger partial charge >= 0.3 is 0 Å². The minimum Gasteiger partial charge on any atom is -0.494 e. The summed E-state index contributed by atoms with van der Waals surface area (Å²) in [6, 6.07) is 8.13. The van der Waals surface area contributed by atoms with E-state index in [4.69, 9.17) is 4.74 Å². The Kier molecular flexibility index (Phi) is 7.20. The fourth-order valence-corrected chi connectivity index (χ4v) is 2.85. The van der Waals surface area contributed by atoms with Crippen LogP contribution in [0.2, 0.25) is 0 Å². The average Bonchev–Trinajstić information content (AvgIpc) is 2.58. The highest BCUT2D eigenvalue weighted by Crippen LogP contribution is 2.17. The summed E-state index contributed by atoms with van der Waals surface area (Å²) in [5, 5.41) is 6.84. The molecule has 0 atom stereocenters. The minimum atomic E-state index is 0.681. The molecule has 5 heteroatoms. The van der Waals surface area contributed by atoms with E-state index in [9.17, 15) is 0 Å². The van der Waals surface area contributed by atoms with Gasteiger partial charge in [0.25, 0.3) is 0 Å². The maximum atomic E-state index is 5.66. The van der Waals surface area contributed by atoms with E-state index in [2.05, 4.69) is 33.6 Å². The lowest BCUT2D eigenvalue weighted by Gasteiger charge is -2.29. The first-order chi connectivity index (χ1) is 11.2. The van der Waals surface area contributed by atoms with Crippen molar-refractivity contribution in [2.75, 3.05) is 40.3 Å². The van der Waals surface area contributed by atoms with Crippen LogP contribution in [0.1, 0.15) is 25.3 Å². The van der Waals surface area contributed by atoms with Gasteiger partial charge in [-0.3, -0.25) is 4.99 Å². The fourth-order valence-electron chi connectivity index (χ4n) is 2.85. The molecular weight excluding hydrogens is 288 g/mol. The van der Waals surface area contributed by atoms with E-state index in [1.54, 1.807) is 0 Å². The molecule has 0 radical (unpaired) electrons. The number of para-hydroxylation sites is 1. The van der Waals surface area contributed by atoms with Gasteiger partial charge in [0.2, 0.25) is 0 Å². The average molecular weight is 318 g/mol. The van der Waals surface area contributed by atoms with Crippen LogP contribution in [0.4, 0.5) is 0 Å². The molecule has 1 aromatic carbocycles. The predicted octanol–water partition coefficient (Wildman–Crippen LogP) is 2.09. The molecule has 0 unspecified atom stereocenters. The number of likely N-dealkylation sites (tertiary alicyclic amines) is 1. The quantitative estimate of drug-likeness (QED) is 0.623. The molecule has 2 N–H and O–H groups in total. The van der Waals surface area contributed by atoms with Crippen LogP contribution in [0, 0.1) is 5.92 Å². The lowest BCUT2D eigenvalue weighted by molar-refractivity contribution is 0.220. The van der Waals surface area contributed by atoms with E-state index < -0.39 is 0 Å². The molecule has 1 saturated heterocycles. The first-order valence-electron chi connectivity index (χ1n) is 8.56. The molecule has 0 spiro atoms. The number of nitrogens with zero attached hydrogens (tertiary/aromatic N) is 2. The monoisotopic (exact) mass is 318 g/mol. The topological polar surface area (TPSA) is 48.9 Å². The number of hydrogen-bond donors (Lipinski definition) is 2. The Morgan fingerprint density at radius 1 is 1.26 bits per heavy atom. The van der Waals surface area contributed by atoms with Crippen molar-refractivity contribution in [1.29, 1.82) is 0 Å². The fraction of sp³-hybridized carbons (Fsp3) is 0.611. The van der Waals surface area contributed by atoms with Crippen molar-refractivity contribution in [3.8, 4) is 5.75 Å². The third-order valence-electron chi connectivity index (χ3n) is 4.34. The summed E-state index contributed by atoms with van der Waals surface area (Å²) >= 11 is 0. The molecule has 128 valence electrons. The molecule has 1 aromatic rings. The number of rotatable bonds is 6. The van der Waals surface area contributed by atoms with Crippen molar-refractivity contribution < 1.29 is 4.74 Å². The lowest BCUT2D eigenvalue weighted by Crippen LogP contribution is -2.42. The smallest absolute Gasteiger partial charge is 0.191 e. The van der Waals surface area contributed by atoms with E-state index >= 15 is 0 Å². The molecule has 0 bridgehead atoms. The largest absolute Gasteiger partial charge is 0.494 e. The number of nitrogens with one attached hydrogen (secondary N) is 2. The summed E-state index contributed by atoms with van der Waals surface area (Å²) < 4.78 is 5.66. The molecule has 0 saturated carbocycles. The van der Waals surface area contributed by atoms with Gasteiger partial charge in [-0.2, -0.15) is 0 Å². The first-order valence-corrected chi connectivity index (χ1v) is 8.56. The van der Waals surface area contributed by atoms with Gasteiger partial charge in [0.05, 0.1) is 6.61 Å². The Labute approximate surface area is 140 Å². The molecular formula is C18H30N4O. The van der Waals surface area contributed by atoms with Crippen LogP contribution in [0.25, 0.3) is 0 Å². The maximum Gasteiger partial charge on any atom is 0.191 e. The molecule has 2 rings (SSSR count). The van der Waals surface area contributed by atoms with Crippen LogP contribution < -0.4 is 15.4 Å². The third kappa shape index (κ3) is 5.75. The van der Waals surface area contributed by atoms with Crippen LogP contribution in [0.15, 0.2) is 29.3 Å². The van der Waals surface area contributed by atoms with E-state index in [0.29, 0.717) is 13.2 Å². The van der Waals surface area contributed by atoms with Crippen LogP contribution in [-0.4, -0.2) is 51.2 Å². The molecule has 5 nitrogen and oxygen atoms in total. The van der Waals surface area contributed by atoms with Crippen molar-refractivity contribution >= 4 is 5.96 Å². The number of hydrogen-bond acceptors (Lipinski definition) is 3. The van der Waals surface area contributed by atoms with Crippen molar-refractivity contribution in [2.45, 2.75) is 26.3 Å². The number of piperidine rings is 1. The zero-order valence-electron chi connectivity index (χ0n) is 14.6. The zero-order chi connectivity index (χ0) is 16.5. The van der Waals surface area contributed by atoms with Crippen LogP contribution in [0.5, 0.6) is 5.75 Å². The van der Waals surface area contributed by atoms with Crippen molar-refractivity contribution in [2.24, 2.45) is 10.9 Å². The highest BCUT2D eigenvalue weighted by molar-refractivity contribution is 5.79. The van der Waals surface area contributed by atoms with Crippen LogP contribution >= 0.6 is 0 Å². The molecule has 1 heterocycles. The van der Waals surface area contributed by atoms with Gasteiger partial charge in [0, 0.05) is 25.7 Å². The summed E-state index contributed by atoms with van der Waals surface area (Å²) in [6.45, 7) is 6.77. The van der Waals surface area contributed by atoms with E-state index in [1.807, 2.05) is 32.2 Å². The van der Waals surface area contributed by atoms with Crippen LogP contribution in [0.3, 0.4) is 0 Å². The Balaban J connectivity index is 1.79. The Bertz CT molecular complexity index is 496. The third-order valence-corrected chi connectivity index (χ3v) is 4.34. The highest BCUT2D eigenvalue weighted by Gasteiger charge is 2.16. The van der Waals surface area contributed by atoms with Crippen molar-refractivity contribution in [3.63, 3.8) is 0 Å². The summed E-state index contributed by atoms with van der Waals surface area (Å²) in [4.78, 5) is 6.72. The van der Waals surface area contributed by atoms with Gasteiger partial charge < -0.3 is 20.3 Å². The summed E-state index contributed by atoms with van der Waals surface area (Å²) in [5.41, 5.74) is 1.15. The first kappa shape index (κ1) is 17.6. The van der Waals surface area contributed by atoms with Gasteiger partial charge in [-0.25, -0.2) is 0 Å². The van der Waals surface area contributed by atoms with E-state index in [0.717, 1.165) is 29.7 Å². The molecule has 0 amide bonds. The molecule has 23 heavy (non-hydrogen) atoms. The minimum absolute atomic E-state index is 0.681. The standard InChI is InChI=1S/C18H30N4O/c1-4-23-17-8-6-5-7-16(17)14-21-18(19-2)20-13-15-9-11-22(3)12-10-15/h5-8,15H,4,9-14H2,1-3H3,(H2,19,20,21). The second-order valence-electron chi connectivity index (χ2n) is 6.09. The Morgan fingerprint density at radius 2 is 2.00 bits per heavy atom. The predicted molar refractivity (Wildman–Crippen MR) is 96.0 cm³/mol. The summed E-state index contributed by atoms with van der Waals surface area (Å²) in [5.74, 6) is 2.53. The number of benzene rings is 1. The normalized spacial score (nSPS) is 17.1. The molecule has 0 aliphatic carbocycles. The molecule has 1 aliphatic rings. The summed E-state index contributed by atoms with van der Waals surface area (Å²) in [6.07, 6.45) is 2.52. The molecule has 1 fully saturated rings. The van der Waals surface area contributed by atoms with Gasteiger partial charge in [0.1, 0.15) is 5.75 Å². The van der Waals surface area contributed by atoms with Crippen LogP contribution in [-0.2, 0) is 6.54 Å². The zero-order valence-corrected chi connectivity index (χ0v) is 14.6. The maximum absolute atomic E-state index is 5.66. The van der Waals surface area contributed by atoms with Crippen molar-refractivity contribution in [1.82, 2.24) is 15.5 Å². The van der Waals surface area contributed by atoms with Gasteiger partial charge in [0.15, 0.2) is 5.96 Å². The van der Waals surface area contributed by atoms with E-state index in [1.165, 1.54) is 25.9 Å². The molecule has 1 aliphatic heterocycles. The molecule has 0 aromatic heterocycles. The number of guanidine groups is 1.